The number of hydrogen-bond acceptors (Lipinski definition) is 12. The summed E-state index contributed by atoms with van der Waals surface area (Å²) in [5, 5.41) is 6.43. The first-order valence-corrected chi connectivity index (χ1v) is 17.0. The number of aryl methyl sites for hydroxylation is 1. The fraction of sp³-hybridized carbons (Fsp3) is 0.406. The van der Waals surface area contributed by atoms with E-state index in [9.17, 15) is 8.42 Å². The Kier molecular flexibility index (Phi) is 10.1. The lowest BCUT2D eigenvalue weighted by atomic mass is 10.1. The Balaban J connectivity index is 1.30. The lowest BCUT2D eigenvalue weighted by Gasteiger charge is -2.32. The van der Waals surface area contributed by atoms with Gasteiger partial charge in [0.1, 0.15) is 44.6 Å². The molecule has 5 rings (SSSR count). The minimum absolute atomic E-state index is 0.0877. The number of benzene rings is 2. The Morgan fingerprint density at radius 2 is 1.76 bits per heavy atom. The lowest BCUT2D eigenvalue weighted by Crippen LogP contribution is -2.40. The molecule has 0 spiro atoms. The molecule has 0 saturated carbocycles. The number of piperidine rings is 1. The fourth-order valence-electron chi connectivity index (χ4n) is 5.12. The van der Waals surface area contributed by atoms with Crippen LogP contribution in [-0.4, -0.2) is 86.8 Å². The maximum Gasteiger partial charge on any atom is 0.295 e. The molecule has 12 nitrogen and oxygen atoms in total. The summed E-state index contributed by atoms with van der Waals surface area (Å²) in [6.45, 7) is 6.82. The van der Waals surface area contributed by atoms with Gasteiger partial charge in [-0.1, -0.05) is 0 Å². The molecule has 2 aromatic heterocycles. The first-order valence-electron chi connectivity index (χ1n) is 14.9. The van der Waals surface area contributed by atoms with Crippen LogP contribution in [0.3, 0.4) is 0 Å². The molecule has 0 bridgehead atoms. The fourth-order valence-corrected chi connectivity index (χ4v) is 5.71. The number of aromatic nitrogens is 3. The first-order chi connectivity index (χ1) is 21.6. The second-order valence-electron chi connectivity index (χ2n) is 11.0. The van der Waals surface area contributed by atoms with E-state index in [1.54, 1.807) is 32.5 Å². The smallest absolute Gasteiger partial charge is 0.295 e. The van der Waals surface area contributed by atoms with E-state index in [0.29, 0.717) is 53.7 Å². The largest absolute Gasteiger partial charge is 0.497 e. The lowest BCUT2D eigenvalue weighted by molar-refractivity contribution is 0.103. The van der Waals surface area contributed by atoms with Crippen molar-refractivity contribution >= 4 is 27.5 Å². The van der Waals surface area contributed by atoms with Gasteiger partial charge >= 0.3 is 0 Å². The maximum absolute atomic E-state index is 11.5. The predicted molar refractivity (Wildman–Crippen MR) is 174 cm³/mol. The van der Waals surface area contributed by atoms with E-state index in [0.717, 1.165) is 48.5 Å². The zero-order valence-corrected chi connectivity index (χ0v) is 27.1. The third-order valence-corrected chi connectivity index (χ3v) is 8.43. The van der Waals surface area contributed by atoms with Crippen LogP contribution in [0.2, 0.25) is 0 Å². The summed E-state index contributed by atoms with van der Waals surface area (Å²) in [4.78, 5) is 16.1. The molecule has 4 aromatic rings. The molecule has 45 heavy (non-hydrogen) atoms. The molecule has 0 atom stereocenters. The molecule has 3 heterocycles. The normalized spacial score (nSPS) is 14.2. The number of ether oxygens (including phenoxy) is 3. The third kappa shape index (κ3) is 8.43. The molecule has 0 amide bonds. The molecular formula is C32H40N6O6S. The second-order valence-corrected chi connectivity index (χ2v) is 13.2. The number of nitrogens with one attached hydrogen (secondary N) is 2. The van der Waals surface area contributed by atoms with Crippen molar-refractivity contribution in [2.45, 2.75) is 32.8 Å². The van der Waals surface area contributed by atoms with E-state index in [-0.39, 0.29) is 11.9 Å². The van der Waals surface area contributed by atoms with Gasteiger partial charge in [-0.3, -0.25) is 0 Å². The topological polar surface area (TPSA) is 141 Å². The quantitative estimate of drug-likeness (QED) is 0.200. The monoisotopic (exact) mass is 636 g/mol. The van der Waals surface area contributed by atoms with Crippen LogP contribution in [0.25, 0.3) is 22.7 Å². The molecule has 1 saturated heterocycles. The number of nitrogens with zero attached hydrogens (tertiary/aromatic N) is 4. The molecule has 0 unspecified atom stereocenters. The molecule has 1 fully saturated rings. The van der Waals surface area contributed by atoms with Gasteiger partial charge in [0.25, 0.3) is 6.01 Å². The highest BCUT2D eigenvalue weighted by Gasteiger charge is 2.23. The highest BCUT2D eigenvalue weighted by molar-refractivity contribution is 7.90. The highest BCUT2D eigenvalue weighted by Crippen LogP contribution is 2.37. The van der Waals surface area contributed by atoms with E-state index in [4.69, 9.17) is 28.6 Å². The number of anilines is 3. The van der Waals surface area contributed by atoms with Gasteiger partial charge in [-0.15, -0.1) is 0 Å². The Morgan fingerprint density at radius 3 is 2.40 bits per heavy atom. The molecule has 1 aliphatic heterocycles. The van der Waals surface area contributed by atoms with Crippen LogP contribution in [0.15, 0.2) is 53.1 Å². The first kappa shape index (κ1) is 32.0. The van der Waals surface area contributed by atoms with E-state index in [1.807, 2.05) is 44.2 Å². The maximum atomic E-state index is 11.5. The van der Waals surface area contributed by atoms with Crippen LogP contribution in [0.5, 0.6) is 17.2 Å². The summed E-state index contributed by atoms with van der Waals surface area (Å²) < 4.78 is 46.4. The number of methoxy groups -OCH3 is 2. The zero-order chi connectivity index (χ0) is 32.0. The van der Waals surface area contributed by atoms with Gasteiger partial charge in [-0.2, -0.15) is 4.98 Å². The van der Waals surface area contributed by atoms with Gasteiger partial charge in [0, 0.05) is 55.9 Å². The Labute approximate surface area is 264 Å². The molecular weight excluding hydrogens is 596 g/mol. The van der Waals surface area contributed by atoms with Crippen LogP contribution < -0.4 is 24.8 Å². The summed E-state index contributed by atoms with van der Waals surface area (Å²) in [6.07, 6.45) is 4.74. The van der Waals surface area contributed by atoms with E-state index >= 15 is 0 Å². The van der Waals surface area contributed by atoms with Gasteiger partial charge in [-0.25, -0.2) is 18.4 Å². The molecule has 2 N–H and O–H groups in total. The minimum Gasteiger partial charge on any atom is -0.497 e. The van der Waals surface area contributed by atoms with Gasteiger partial charge < -0.3 is 34.2 Å². The highest BCUT2D eigenvalue weighted by atomic mass is 32.2. The summed E-state index contributed by atoms with van der Waals surface area (Å²) in [5.74, 6) is 3.15. The van der Waals surface area contributed by atoms with Crippen LogP contribution in [0.1, 0.15) is 25.3 Å². The number of rotatable bonds is 13. The Morgan fingerprint density at radius 1 is 1.02 bits per heavy atom. The summed E-state index contributed by atoms with van der Waals surface area (Å²) in [5.41, 5.74) is 3.70. The average Bonchev–Trinajstić information content (AvgIpc) is 3.46. The predicted octanol–water partition coefficient (Wildman–Crippen LogP) is 5.19. The standard InChI is InChI=1S/C32H40N6O6S/c1-6-33-32-37-29(22-18-25(41-3)20-26(19-22)42-4)30(44-32)27-9-12-34-31(36-27)35-23-7-8-28(21(2)17-23)43-24-10-13-38(14-11-24)15-16-45(5,39)40/h7-9,12,17-20,24H,6,10-11,13-16H2,1-5H3,(H,33,37)(H,34,35,36). The van der Waals surface area contributed by atoms with Crippen molar-refractivity contribution in [1.82, 2.24) is 19.9 Å². The molecule has 0 radical (unpaired) electrons. The number of likely N-dealkylation sites (tertiary alicyclic amines) is 1. The van der Waals surface area contributed by atoms with Crippen LogP contribution in [0, 0.1) is 6.92 Å². The zero-order valence-electron chi connectivity index (χ0n) is 26.3. The van der Waals surface area contributed by atoms with Gasteiger partial charge in [0.2, 0.25) is 5.95 Å². The molecule has 13 heteroatoms. The van der Waals surface area contributed by atoms with Crippen molar-refractivity contribution in [3.05, 3.63) is 54.2 Å². The summed E-state index contributed by atoms with van der Waals surface area (Å²) in [6, 6.07) is 13.6. The van der Waals surface area contributed by atoms with Crippen LogP contribution in [-0.2, 0) is 9.84 Å². The van der Waals surface area contributed by atoms with Gasteiger partial charge in [-0.05, 0) is 68.7 Å². The van der Waals surface area contributed by atoms with Crippen molar-refractivity contribution in [3.8, 4) is 40.0 Å². The van der Waals surface area contributed by atoms with Gasteiger partial charge in [0.05, 0.1) is 20.0 Å². The van der Waals surface area contributed by atoms with Crippen molar-refractivity contribution < 1.29 is 27.0 Å². The molecule has 0 aliphatic carbocycles. The van der Waals surface area contributed by atoms with Crippen molar-refractivity contribution in [2.24, 2.45) is 0 Å². The molecule has 240 valence electrons. The molecule has 1 aliphatic rings. The van der Waals surface area contributed by atoms with Crippen LogP contribution >= 0.6 is 0 Å². The second kappa shape index (κ2) is 14.2. The number of sulfone groups is 1. The number of hydrogen-bond donors (Lipinski definition) is 2. The summed E-state index contributed by atoms with van der Waals surface area (Å²) >= 11 is 0. The molecule has 2 aromatic carbocycles. The minimum atomic E-state index is -2.96. The van der Waals surface area contributed by atoms with Crippen LogP contribution in [0.4, 0.5) is 17.7 Å². The Hall–Kier alpha value is -4.36. The van der Waals surface area contributed by atoms with Crippen molar-refractivity contribution in [1.29, 1.82) is 0 Å². The van der Waals surface area contributed by atoms with Gasteiger partial charge in [0.15, 0.2) is 5.76 Å². The number of oxazole rings is 1. The Bertz CT molecular complexity index is 1700. The summed E-state index contributed by atoms with van der Waals surface area (Å²) in [7, 11) is 0.243. The third-order valence-electron chi connectivity index (χ3n) is 7.51. The van der Waals surface area contributed by atoms with E-state index in [1.165, 1.54) is 6.26 Å². The van der Waals surface area contributed by atoms with Crippen molar-refractivity contribution in [2.75, 3.05) is 63.0 Å². The van der Waals surface area contributed by atoms with E-state index in [2.05, 4.69) is 20.5 Å². The SMILES string of the molecule is CCNc1nc(-c2cc(OC)cc(OC)c2)c(-c2ccnc(Nc3ccc(OC4CCN(CCS(C)(=O)=O)CC4)c(C)c3)n2)o1. The average molecular weight is 637 g/mol. The van der Waals surface area contributed by atoms with Crippen molar-refractivity contribution in [3.63, 3.8) is 0 Å². The van der Waals surface area contributed by atoms with E-state index < -0.39 is 9.84 Å².